The summed E-state index contributed by atoms with van der Waals surface area (Å²) < 4.78 is 24.4. The third-order valence-corrected chi connectivity index (χ3v) is 7.71. The van der Waals surface area contributed by atoms with Crippen molar-refractivity contribution in [2.24, 2.45) is 0 Å². The van der Waals surface area contributed by atoms with E-state index in [9.17, 15) is 13.2 Å². The molecule has 7 heteroatoms. The van der Waals surface area contributed by atoms with E-state index in [2.05, 4.69) is 6.07 Å². The molecule has 0 spiro atoms. The Balaban J connectivity index is 1.72. The molecule has 3 unspecified atom stereocenters. The Labute approximate surface area is 132 Å². The Morgan fingerprint density at radius 1 is 1.27 bits per heavy atom. The normalized spacial score (nSPS) is 34.8. The van der Waals surface area contributed by atoms with Gasteiger partial charge in [0.15, 0.2) is 4.87 Å². The number of hydrogen-bond donors (Lipinski definition) is 0. The summed E-state index contributed by atoms with van der Waals surface area (Å²) in [6.07, 6.45) is 2.83. The summed E-state index contributed by atoms with van der Waals surface area (Å²) >= 11 is 0. The lowest BCUT2D eigenvalue weighted by molar-refractivity contribution is -0.133. The van der Waals surface area contributed by atoms with Gasteiger partial charge in [-0.25, -0.2) is 8.42 Å². The van der Waals surface area contributed by atoms with Crippen molar-refractivity contribution in [1.82, 2.24) is 9.80 Å². The second kappa shape index (κ2) is 3.68. The summed E-state index contributed by atoms with van der Waals surface area (Å²) in [5.41, 5.74) is 2.75. The van der Waals surface area contributed by atoms with E-state index in [-0.39, 0.29) is 18.0 Å². The molecule has 1 aromatic rings. The van der Waals surface area contributed by atoms with Crippen molar-refractivity contribution in [2.45, 2.75) is 29.8 Å². The molecule has 0 radical (unpaired) electrons. The maximum absolute atomic E-state index is 12.7. The van der Waals surface area contributed by atoms with Crippen LogP contribution < -0.4 is 0 Å². The summed E-state index contributed by atoms with van der Waals surface area (Å²) in [5, 5.41) is 0. The minimum Gasteiger partial charge on any atom is -0.336 e. The van der Waals surface area contributed by atoms with Gasteiger partial charge < -0.3 is 9.80 Å². The number of carbonyl (C=O) groups excluding carboxylic acids is 1. The first kappa shape index (κ1) is 13.0. The Morgan fingerprint density at radius 3 is 2.82 bits per heavy atom. The zero-order chi connectivity index (χ0) is 15.3. The van der Waals surface area contributed by atoms with E-state index in [4.69, 9.17) is 10.7 Å². The number of piperazine rings is 1. The first-order valence-corrected chi connectivity index (χ1v) is 9.60. The highest BCUT2D eigenvalue weighted by Gasteiger charge is 2.79. The smallest absolute Gasteiger partial charge is 0.270 e. The van der Waals surface area contributed by atoms with E-state index in [1.165, 1.54) is 5.56 Å². The SMILES string of the molecule is O=C1C2=CCC3(S(=O)(=O)Cl)C(C4c5ccccc5CCN14)N23. The van der Waals surface area contributed by atoms with Crippen molar-refractivity contribution in [3.05, 3.63) is 47.2 Å². The molecule has 0 aromatic heterocycles. The highest BCUT2D eigenvalue weighted by atomic mass is 35.7. The van der Waals surface area contributed by atoms with Crippen LogP contribution >= 0.6 is 10.7 Å². The zero-order valence-corrected chi connectivity index (χ0v) is 13.1. The standard InChI is InChI=1S/C15H13ClN2O3S/c16-22(20,21)15-7-5-11-14(19)17-8-6-9-3-1-2-4-10(9)12(17)13(15)18(11)15/h1-5,12-13H,6-8H2. The Morgan fingerprint density at radius 2 is 2.05 bits per heavy atom. The molecule has 0 saturated carbocycles. The van der Waals surface area contributed by atoms with Gasteiger partial charge in [0.25, 0.3) is 15.0 Å². The maximum Gasteiger partial charge on any atom is 0.270 e. The lowest BCUT2D eigenvalue weighted by atomic mass is 9.87. The van der Waals surface area contributed by atoms with Crippen LogP contribution in [0.3, 0.4) is 0 Å². The molecule has 0 N–H and O–H groups in total. The first-order valence-electron chi connectivity index (χ1n) is 7.29. The Bertz CT molecular complexity index is 865. The van der Waals surface area contributed by atoms with Crippen LogP contribution in [0, 0.1) is 0 Å². The fraction of sp³-hybridized carbons (Fsp3) is 0.400. The molecule has 2 saturated heterocycles. The van der Waals surface area contributed by atoms with Gasteiger partial charge in [-0.05, 0) is 17.5 Å². The fourth-order valence-corrected chi connectivity index (χ4v) is 6.39. The average molecular weight is 337 g/mol. The van der Waals surface area contributed by atoms with Crippen molar-refractivity contribution in [3.8, 4) is 0 Å². The van der Waals surface area contributed by atoms with Crippen LogP contribution in [-0.4, -0.2) is 41.6 Å². The number of fused-ring (bicyclic) bond motifs is 5. The Hall–Kier alpha value is -1.53. The van der Waals surface area contributed by atoms with E-state index in [1.807, 2.05) is 23.1 Å². The van der Waals surface area contributed by atoms with Crippen LogP contribution in [-0.2, 0) is 20.3 Å². The molecule has 22 heavy (non-hydrogen) atoms. The Kier molecular flexibility index (Phi) is 2.17. The summed E-state index contributed by atoms with van der Waals surface area (Å²) in [4.78, 5) is 15.1. The highest BCUT2D eigenvalue weighted by Crippen LogP contribution is 2.65. The van der Waals surface area contributed by atoms with Crippen LogP contribution in [0.2, 0.25) is 0 Å². The molecule has 4 aliphatic rings. The van der Waals surface area contributed by atoms with Gasteiger partial charge in [-0.3, -0.25) is 4.79 Å². The van der Waals surface area contributed by atoms with Crippen molar-refractivity contribution < 1.29 is 13.2 Å². The molecule has 1 amide bonds. The first-order chi connectivity index (χ1) is 10.5. The highest BCUT2D eigenvalue weighted by molar-refractivity contribution is 8.15. The number of nitrogens with zero attached hydrogens (tertiary/aromatic N) is 2. The van der Waals surface area contributed by atoms with Gasteiger partial charge in [0, 0.05) is 23.6 Å². The van der Waals surface area contributed by atoms with Gasteiger partial charge in [0.05, 0.1) is 12.1 Å². The van der Waals surface area contributed by atoms with Crippen molar-refractivity contribution in [1.29, 1.82) is 0 Å². The predicted octanol–water partition coefficient (Wildman–Crippen LogP) is 1.36. The lowest BCUT2D eigenvalue weighted by Gasteiger charge is -2.41. The number of amides is 1. The zero-order valence-electron chi connectivity index (χ0n) is 11.6. The third-order valence-electron chi connectivity index (χ3n) is 5.46. The van der Waals surface area contributed by atoms with Gasteiger partial charge in [-0.1, -0.05) is 30.3 Å². The van der Waals surface area contributed by atoms with Crippen molar-refractivity contribution in [2.75, 3.05) is 6.54 Å². The van der Waals surface area contributed by atoms with Gasteiger partial charge in [-0.15, -0.1) is 0 Å². The molecule has 1 aromatic carbocycles. The van der Waals surface area contributed by atoms with Crippen molar-refractivity contribution in [3.63, 3.8) is 0 Å². The summed E-state index contributed by atoms with van der Waals surface area (Å²) in [7, 11) is 1.97. The van der Waals surface area contributed by atoms with E-state index in [0.717, 1.165) is 12.0 Å². The van der Waals surface area contributed by atoms with Crippen LogP contribution in [0.15, 0.2) is 36.0 Å². The molecule has 5 rings (SSSR count). The predicted molar refractivity (Wildman–Crippen MR) is 80.4 cm³/mol. The van der Waals surface area contributed by atoms with Gasteiger partial charge in [0.1, 0.15) is 5.70 Å². The molecule has 4 heterocycles. The molecule has 2 fully saturated rings. The maximum atomic E-state index is 12.7. The van der Waals surface area contributed by atoms with Crippen molar-refractivity contribution >= 4 is 25.6 Å². The molecule has 0 aliphatic carbocycles. The van der Waals surface area contributed by atoms with E-state index in [1.54, 1.807) is 11.0 Å². The second-order valence-corrected chi connectivity index (χ2v) is 9.08. The second-order valence-electron chi connectivity index (χ2n) is 6.28. The van der Waals surface area contributed by atoms with Crippen LogP contribution in [0.1, 0.15) is 23.6 Å². The number of halogens is 1. The molecule has 0 bridgehead atoms. The molecular weight excluding hydrogens is 324 g/mol. The summed E-state index contributed by atoms with van der Waals surface area (Å²) in [6.45, 7) is 0.626. The van der Waals surface area contributed by atoms with Crippen LogP contribution in [0.4, 0.5) is 0 Å². The minimum absolute atomic E-state index is 0.0737. The average Bonchev–Trinajstić information content (AvgIpc) is 2.99. The van der Waals surface area contributed by atoms with E-state index >= 15 is 0 Å². The third kappa shape index (κ3) is 1.24. The molecular formula is C15H13ClN2O3S. The molecule has 5 nitrogen and oxygen atoms in total. The van der Waals surface area contributed by atoms with Gasteiger partial charge >= 0.3 is 0 Å². The van der Waals surface area contributed by atoms with E-state index < -0.39 is 13.9 Å². The number of carbonyl (C=O) groups is 1. The number of hydrogen-bond acceptors (Lipinski definition) is 4. The van der Waals surface area contributed by atoms with Crippen LogP contribution in [0.5, 0.6) is 0 Å². The van der Waals surface area contributed by atoms with Gasteiger partial charge in [-0.2, -0.15) is 0 Å². The lowest BCUT2D eigenvalue weighted by Crippen LogP contribution is -2.48. The fourth-order valence-electron chi connectivity index (χ4n) is 4.50. The molecule has 114 valence electrons. The van der Waals surface area contributed by atoms with Gasteiger partial charge in [0.2, 0.25) is 0 Å². The summed E-state index contributed by atoms with van der Waals surface area (Å²) in [6, 6.07) is 7.49. The molecule has 4 aliphatic heterocycles. The largest absolute Gasteiger partial charge is 0.336 e. The number of rotatable bonds is 1. The van der Waals surface area contributed by atoms with E-state index in [0.29, 0.717) is 18.7 Å². The topological polar surface area (TPSA) is 57.5 Å². The minimum atomic E-state index is -3.79. The molecule has 3 atom stereocenters. The summed E-state index contributed by atoms with van der Waals surface area (Å²) in [5.74, 6) is -0.0737. The quantitative estimate of drug-likeness (QED) is 0.574. The monoisotopic (exact) mass is 336 g/mol. The number of benzene rings is 1. The van der Waals surface area contributed by atoms with Crippen LogP contribution in [0.25, 0.3) is 0 Å².